The molecule has 1 atom stereocenters. The maximum absolute atomic E-state index is 16.0. The first-order valence-corrected chi connectivity index (χ1v) is 11.9. The van der Waals surface area contributed by atoms with Gasteiger partial charge in [0.25, 0.3) is 0 Å². The Hall–Kier alpha value is -3.47. The van der Waals surface area contributed by atoms with Gasteiger partial charge >= 0.3 is 0 Å². The summed E-state index contributed by atoms with van der Waals surface area (Å²) in [6, 6.07) is 7.24. The third-order valence-corrected chi connectivity index (χ3v) is 6.30. The van der Waals surface area contributed by atoms with Gasteiger partial charge in [-0.3, -0.25) is 0 Å². The van der Waals surface area contributed by atoms with Gasteiger partial charge in [-0.2, -0.15) is 0 Å². The molecule has 11 heteroatoms. The van der Waals surface area contributed by atoms with E-state index >= 15 is 4.39 Å². The number of aromatic hydroxyl groups is 1. The molecule has 1 unspecified atom stereocenters. The molecule has 186 valence electrons. The zero-order valence-electron chi connectivity index (χ0n) is 19.5. The number of rotatable bonds is 6. The second-order valence-corrected chi connectivity index (χ2v) is 9.02. The highest BCUT2D eigenvalue weighted by atomic mass is 35.5. The molecule has 3 heterocycles. The molecule has 0 bridgehead atoms. The van der Waals surface area contributed by atoms with Crippen LogP contribution in [-0.4, -0.2) is 50.7 Å². The summed E-state index contributed by atoms with van der Waals surface area (Å²) in [5.41, 5.74) is -0.547. The van der Waals surface area contributed by atoms with Crippen molar-refractivity contribution in [2.75, 3.05) is 24.5 Å². The Bertz CT molecular complexity index is 1390. The highest BCUT2D eigenvalue weighted by Crippen LogP contribution is 2.42. The van der Waals surface area contributed by atoms with E-state index in [0.29, 0.717) is 42.5 Å². The lowest BCUT2D eigenvalue weighted by molar-refractivity contribution is 0.471. The predicted molar refractivity (Wildman–Crippen MR) is 134 cm³/mol. The second kappa shape index (κ2) is 10.3. The van der Waals surface area contributed by atoms with Crippen molar-refractivity contribution in [3.8, 4) is 16.9 Å². The molecule has 8 nitrogen and oxygen atoms in total. The van der Waals surface area contributed by atoms with Crippen LogP contribution in [0.15, 0.2) is 42.7 Å². The van der Waals surface area contributed by atoms with Crippen molar-refractivity contribution < 1.29 is 13.9 Å². The van der Waals surface area contributed by atoms with Gasteiger partial charge in [-0.05, 0) is 31.2 Å². The summed E-state index contributed by atoms with van der Waals surface area (Å²) in [4.78, 5) is 19.6. The molecule has 1 saturated heterocycles. The number of piperazine rings is 1. The molecule has 1 aliphatic rings. The molecule has 2 aromatic heterocycles. The summed E-state index contributed by atoms with van der Waals surface area (Å²) in [7, 11) is 0. The number of hydrogen-bond acceptors (Lipinski definition) is 8. The van der Waals surface area contributed by atoms with Crippen LogP contribution < -0.4 is 15.5 Å². The van der Waals surface area contributed by atoms with Gasteiger partial charge in [0.1, 0.15) is 34.6 Å². The molecule has 1 fully saturated rings. The highest BCUT2D eigenvalue weighted by molar-refractivity contribution is 6.34. The van der Waals surface area contributed by atoms with E-state index in [4.69, 9.17) is 16.6 Å². The Labute approximate surface area is 211 Å². The predicted octanol–water partition coefficient (Wildman–Crippen LogP) is 3.81. The van der Waals surface area contributed by atoms with Crippen LogP contribution in [0.1, 0.15) is 18.6 Å². The number of benzene rings is 2. The van der Waals surface area contributed by atoms with Crippen molar-refractivity contribution in [3.05, 3.63) is 71.0 Å². The maximum Gasteiger partial charge on any atom is 0.159 e. The molecule has 5 rings (SSSR count). The number of hydrogen-bond donors (Lipinski definition) is 3. The summed E-state index contributed by atoms with van der Waals surface area (Å²) < 4.78 is 30.7. The second-order valence-electron chi connectivity index (χ2n) is 8.61. The molecular weight excluding hydrogens is 488 g/mol. The minimum Gasteiger partial charge on any atom is -0.507 e. The van der Waals surface area contributed by atoms with Crippen molar-refractivity contribution in [3.63, 3.8) is 0 Å². The van der Waals surface area contributed by atoms with Crippen LogP contribution in [0.3, 0.4) is 0 Å². The van der Waals surface area contributed by atoms with Crippen LogP contribution >= 0.6 is 11.6 Å². The fourth-order valence-corrected chi connectivity index (χ4v) is 4.65. The van der Waals surface area contributed by atoms with Crippen LogP contribution in [0, 0.1) is 11.6 Å². The summed E-state index contributed by atoms with van der Waals surface area (Å²) in [6.07, 6.45) is 3.30. The molecular formula is C25H24ClF2N7O. The SMILES string of the molecule is CC1CN(c2nc(CNCc3ncccn3)nc3c(F)c(-c4c(O)cccc4F)c(Cl)cc23)CCN1. The van der Waals surface area contributed by atoms with Crippen LogP contribution in [0.5, 0.6) is 5.75 Å². The first-order chi connectivity index (χ1) is 17.4. The minimum atomic E-state index is -0.822. The van der Waals surface area contributed by atoms with Crippen molar-refractivity contribution in [2.45, 2.75) is 26.1 Å². The van der Waals surface area contributed by atoms with Crippen LogP contribution in [0.25, 0.3) is 22.0 Å². The van der Waals surface area contributed by atoms with Gasteiger partial charge in [0, 0.05) is 49.0 Å². The van der Waals surface area contributed by atoms with E-state index in [1.807, 2.05) is 0 Å². The lowest BCUT2D eigenvalue weighted by Crippen LogP contribution is -2.49. The van der Waals surface area contributed by atoms with Crippen molar-refractivity contribution in [1.82, 2.24) is 30.6 Å². The average Bonchev–Trinajstić information content (AvgIpc) is 2.86. The minimum absolute atomic E-state index is 0.000926. The molecule has 0 aliphatic carbocycles. The summed E-state index contributed by atoms with van der Waals surface area (Å²) in [5, 5.41) is 17.2. The van der Waals surface area contributed by atoms with E-state index in [2.05, 4.69) is 37.4 Å². The maximum atomic E-state index is 16.0. The van der Waals surface area contributed by atoms with Gasteiger partial charge in [0.2, 0.25) is 0 Å². The van der Waals surface area contributed by atoms with Crippen LogP contribution in [-0.2, 0) is 13.1 Å². The normalized spacial score (nSPS) is 16.0. The molecule has 0 spiro atoms. The third-order valence-electron chi connectivity index (χ3n) is 6.00. The third kappa shape index (κ3) is 4.79. The van der Waals surface area contributed by atoms with E-state index in [-0.39, 0.29) is 34.3 Å². The first-order valence-electron chi connectivity index (χ1n) is 11.5. The van der Waals surface area contributed by atoms with Crippen LogP contribution in [0.2, 0.25) is 5.02 Å². The summed E-state index contributed by atoms with van der Waals surface area (Å²) >= 11 is 6.49. The Morgan fingerprint density at radius 2 is 1.89 bits per heavy atom. The van der Waals surface area contributed by atoms with E-state index in [0.717, 1.165) is 12.6 Å². The molecule has 4 aromatic rings. The van der Waals surface area contributed by atoms with E-state index in [9.17, 15) is 9.50 Å². The van der Waals surface area contributed by atoms with Gasteiger partial charge in [-0.15, -0.1) is 0 Å². The van der Waals surface area contributed by atoms with Crippen LogP contribution in [0.4, 0.5) is 14.6 Å². The molecule has 0 radical (unpaired) electrons. The molecule has 0 amide bonds. The number of phenolic OH excluding ortho intramolecular Hbond substituents is 1. The molecule has 36 heavy (non-hydrogen) atoms. The number of nitrogens with one attached hydrogen (secondary N) is 2. The number of nitrogens with zero attached hydrogens (tertiary/aromatic N) is 5. The lowest BCUT2D eigenvalue weighted by Gasteiger charge is -2.33. The number of phenols is 1. The quantitative estimate of drug-likeness (QED) is 0.359. The Morgan fingerprint density at radius 3 is 2.64 bits per heavy atom. The average molecular weight is 512 g/mol. The number of aromatic nitrogens is 4. The first kappa shape index (κ1) is 24.2. The fraction of sp³-hybridized carbons (Fsp3) is 0.280. The number of fused-ring (bicyclic) bond motifs is 1. The molecule has 0 saturated carbocycles. The standard InChI is InChI=1S/C25H24ClF2N7O/c1-14-13-35(9-8-30-14)25-15-10-16(26)21(22-17(27)4-2-5-18(22)36)23(28)24(15)33-20(34-25)12-29-11-19-31-6-3-7-32-19/h2-7,10,14,29-30,36H,8-9,11-13H2,1H3. The van der Waals surface area contributed by atoms with Gasteiger partial charge in [0.15, 0.2) is 5.82 Å². The van der Waals surface area contributed by atoms with E-state index < -0.39 is 17.4 Å². The zero-order valence-corrected chi connectivity index (χ0v) is 20.2. The van der Waals surface area contributed by atoms with Crippen molar-refractivity contribution in [2.24, 2.45) is 0 Å². The zero-order chi connectivity index (χ0) is 25.2. The lowest BCUT2D eigenvalue weighted by atomic mass is 10.0. The van der Waals surface area contributed by atoms with Gasteiger partial charge in [0.05, 0.1) is 23.7 Å². The summed E-state index contributed by atoms with van der Waals surface area (Å²) in [5.74, 6) is -0.520. The molecule has 1 aliphatic heterocycles. The topological polar surface area (TPSA) is 99.1 Å². The van der Waals surface area contributed by atoms with E-state index in [1.54, 1.807) is 18.5 Å². The fourth-order valence-electron chi connectivity index (χ4n) is 4.37. The number of halogens is 3. The highest BCUT2D eigenvalue weighted by Gasteiger charge is 2.26. The number of anilines is 1. The summed E-state index contributed by atoms with van der Waals surface area (Å²) in [6.45, 7) is 4.72. The Balaban J connectivity index is 1.62. The smallest absolute Gasteiger partial charge is 0.159 e. The van der Waals surface area contributed by atoms with E-state index in [1.165, 1.54) is 18.2 Å². The Morgan fingerprint density at radius 1 is 1.11 bits per heavy atom. The van der Waals surface area contributed by atoms with Gasteiger partial charge < -0.3 is 20.6 Å². The molecule has 3 N–H and O–H groups in total. The van der Waals surface area contributed by atoms with Gasteiger partial charge in [-0.1, -0.05) is 17.7 Å². The van der Waals surface area contributed by atoms with Crippen molar-refractivity contribution in [1.29, 1.82) is 0 Å². The van der Waals surface area contributed by atoms with Gasteiger partial charge in [-0.25, -0.2) is 28.7 Å². The molecule has 2 aromatic carbocycles. The Kier molecular flexibility index (Phi) is 6.90. The monoisotopic (exact) mass is 511 g/mol. The van der Waals surface area contributed by atoms with Crippen molar-refractivity contribution >= 4 is 28.3 Å². The largest absolute Gasteiger partial charge is 0.507 e.